The summed E-state index contributed by atoms with van der Waals surface area (Å²) in [5.74, 6) is 0.887. The summed E-state index contributed by atoms with van der Waals surface area (Å²) in [5.41, 5.74) is 1.24. The van der Waals surface area contributed by atoms with Gasteiger partial charge in [-0.3, -0.25) is 0 Å². The van der Waals surface area contributed by atoms with Gasteiger partial charge in [0.25, 0.3) is 0 Å². The average molecular weight is 307 g/mol. The first kappa shape index (κ1) is 12.9. The first-order valence-electron chi connectivity index (χ1n) is 5.81. The van der Waals surface area contributed by atoms with Crippen LogP contribution < -0.4 is 0 Å². The SMILES string of the molecule is Cc1cc2c(SCc3ccc(Cl)cc3)ncnc2s1. The highest BCUT2D eigenvalue weighted by Gasteiger charge is 2.07. The Kier molecular flexibility index (Phi) is 3.73. The zero-order chi connectivity index (χ0) is 13.2. The van der Waals surface area contributed by atoms with E-state index >= 15 is 0 Å². The minimum Gasteiger partial charge on any atom is -0.229 e. The standard InChI is InChI=1S/C14H11ClN2S2/c1-9-6-12-13(16-8-17-14(12)19-9)18-7-10-2-4-11(15)5-3-10/h2-6,8H,7H2,1H3. The predicted octanol–water partition coefficient (Wildman–Crippen LogP) is 4.95. The van der Waals surface area contributed by atoms with Gasteiger partial charge >= 0.3 is 0 Å². The fraction of sp³-hybridized carbons (Fsp3) is 0.143. The molecule has 0 aliphatic heterocycles. The van der Waals surface area contributed by atoms with Crippen LogP contribution >= 0.6 is 34.7 Å². The molecule has 3 aromatic rings. The number of fused-ring (bicyclic) bond motifs is 1. The number of halogens is 1. The van der Waals surface area contributed by atoms with Gasteiger partial charge in [0.2, 0.25) is 0 Å². The van der Waals surface area contributed by atoms with Crippen LogP contribution in [-0.2, 0) is 5.75 Å². The summed E-state index contributed by atoms with van der Waals surface area (Å²) in [6.45, 7) is 2.10. The Morgan fingerprint density at radius 3 is 2.79 bits per heavy atom. The summed E-state index contributed by atoms with van der Waals surface area (Å²) in [6, 6.07) is 10.1. The Morgan fingerprint density at radius 1 is 1.21 bits per heavy atom. The third-order valence-electron chi connectivity index (χ3n) is 2.70. The quantitative estimate of drug-likeness (QED) is 0.506. The Balaban J connectivity index is 1.83. The van der Waals surface area contributed by atoms with Gasteiger partial charge in [-0.15, -0.1) is 23.1 Å². The number of thiophene rings is 1. The molecule has 3 rings (SSSR count). The molecule has 2 nitrogen and oxygen atoms in total. The zero-order valence-electron chi connectivity index (χ0n) is 10.3. The van der Waals surface area contributed by atoms with Crippen LogP contribution in [0.4, 0.5) is 0 Å². The predicted molar refractivity (Wildman–Crippen MR) is 83.2 cm³/mol. The lowest BCUT2D eigenvalue weighted by molar-refractivity contribution is 1.11. The summed E-state index contributed by atoms with van der Waals surface area (Å²) < 4.78 is 0. The Labute approximate surface area is 124 Å². The van der Waals surface area contributed by atoms with Gasteiger partial charge < -0.3 is 0 Å². The summed E-state index contributed by atoms with van der Waals surface area (Å²) >= 11 is 9.33. The van der Waals surface area contributed by atoms with Crippen LogP contribution in [0.1, 0.15) is 10.4 Å². The van der Waals surface area contributed by atoms with Gasteiger partial charge in [-0.05, 0) is 30.7 Å². The topological polar surface area (TPSA) is 25.8 Å². The second-order valence-corrected chi connectivity index (χ2v) is 6.81. The molecule has 96 valence electrons. The molecule has 0 aliphatic carbocycles. The highest BCUT2D eigenvalue weighted by atomic mass is 35.5. The Hall–Kier alpha value is -1.10. The maximum atomic E-state index is 5.88. The lowest BCUT2D eigenvalue weighted by Crippen LogP contribution is -1.85. The summed E-state index contributed by atoms with van der Waals surface area (Å²) in [6.07, 6.45) is 1.64. The smallest absolute Gasteiger partial charge is 0.128 e. The van der Waals surface area contributed by atoms with Crippen LogP contribution in [0, 0.1) is 6.92 Å². The number of benzene rings is 1. The highest BCUT2D eigenvalue weighted by molar-refractivity contribution is 7.98. The van der Waals surface area contributed by atoms with E-state index in [2.05, 4.69) is 23.0 Å². The molecule has 0 radical (unpaired) electrons. The lowest BCUT2D eigenvalue weighted by Gasteiger charge is -2.02. The van der Waals surface area contributed by atoms with Gasteiger partial charge in [-0.2, -0.15) is 0 Å². The van der Waals surface area contributed by atoms with Crippen molar-refractivity contribution in [2.75, 3.05) is 0 Å². The van der Waals surface area contributed by atoms with Crippen LogP contribution in [0.5, 0.6) is 0 Å². The van der Waals surface area contributed by atoms with Crippen LogP contribution in [-0.4, -0.2) is 9.97 Å². The maximum Gasteiger partial charge on any atom is 0.128 e. The summed E-state index contributed by atoms with van der Waals surface area (Å²) in [4.78, 5) is 11.0. The number of thioether (sulfide) groups is 1. The van der Waals surface area contributed by atoms with Gasteiger partial charge in [0.1, 0.15) is 16.2 Å². The molecule has 0 atom stereocenters. The number of aromatic nitrogens is 2. The van der Waals surface area contributed by atoms with Crippen molar-refractivity contribution in [2.24, 2.45) is 0 Å². The van der Waals surface area contributed by atoms with E-state index in [4.69, 9.17) is 11.6 Å². The second-order valence-electron chi connectivity index (χ2n) is 4.17. The number of nitrogens with zero attached hydrogens (tertiary/aromatic N) is 2. The fourth-order valence-corrected chi connectivity index (χ4v) is 3.77. The zero-order valence-corrected chi connectivity index (χ0v) is 12.6. The van der Waals surface area contributed by atoms with Crippen molar-refractivity contribution in [3.8, 4) is 0 Å². The molecule has 0 saturated heterocycles. The maximum absolute atomic E-state index is 5.88. The molecule has 0 aliphatic rings. The van der Waals surface area contributed by atoms with E-state index < -0.39 is 0 Å². The van der Waals surface area contributed by atoms with Gasteiger partial charge in [0, 0.05) is 21.0 Å². The van der Waals surface area contributed by atoms with Gasteiger partial charge in [0.15, 0.2) is 0 Å². The molecule has 0 amide bonds. The first-order chi connectivity index (χ1) is 9.22. The largest absolute Gasteiger partial charge is 0.229 e. The third-order valence-corrected chi connectivity index (χ3v) is 4.99. The normalized spacial score (nSPS) is 11.1. The number of rotatable bonds is 3. The summed E-state index contributed by atoms with van der Waals surface area (Å²) in [7, 11) is 0. The molecular formula is C14H11ClN2S2. The van der Waals surface area contributed by atoms with Crippen molar-refractivity contribution in [3.05, 3.63) is 52.1 Å². The van der Waals surface area contributed by atoms with E-state index in [1.807, 2.05) is 24.3 Å². The average Bonchev–Trinajstić information content (AvgIpc) is 2.79. The summed E-state index contributed by atoms with van der Waals surface area (Å²) in [5, 5.41) is 2.97. The van der Waals surface area contributed by atoms with Crippen molar-refractivity contribution < 1.29 is 0 Å². The monoisotopic (exact) mass is 306 g/mol. The molecule has 0 fully saturated rings. The third kappa shape index (κ3) is 2.91. The fourth-order valence-electron chi connectivity index (χ4n) is 1.80. The number of hydrogen-bond donors (Lipinski definition) is 0. The molecule has 2 aromatic heterocycles. The first-order valence-corrected chi connectivity index (χ1v) is 7.99. The Morgan fingerprint density at radius 2 is 2.00 bits per heavy atom. The van der Waals surface area contributed by atoms with Crippen LogP contribution in [0.3, 0.4) is 0 Å². The van der Waals surface area contributed by atoms with Gasteiger partial charge in [0.05, 0.1) is 0 Å². The van der Waals surface area contributed by atoms with E-state index in [1.54, 1.807) is 29.4 Å². The molecular weight excluding hydrogens is 296 g/mol. The van der Waals surface area contributed by atoms with E-state index in [-0.39, 0.29) is 0 Å². The molecule has 19 heavy (non-hydrogen) atoms. The van der Waals surface area contributed by atoms with Gasteiger partial charge in [-0.1, -0.05) is 23.7 Å². The number of hydrogen-bond acceptors (Lipinski definition) is 4. The second kappa shape index (κ2) is 5.49. The number of aryl methyl sites for hydroxylation is 1. The van der Waals surface area contributed by atoms with Gasteiger partial charge in [-0.25, -0.2) is 9.97 Å². The molecule has 5 heteroatoms. The van der Waals surface area contributed by atoms with Crippen molar-refractivity contribution in [2.45, 2.75) is 17.7 Å². The van der Waals surface area contributed by atoms with Crippen LogP contribution in [0.2, 0.25) is 5.02 Å². The van der Waals surface area contributed by atoms with E-state index in [0.717, 1.165) is 26.0 Å². The molecule has 0 N–H and O–H groups in total. The molecule has 0 saturated carbocycles. The van der Waals surface area contributed by atoms with E-state index in [9.17, 15) is 0 Å². The van der Waals surface area contributed by atoms with E-state index in [1.165, 1.54) is 10.4 Å². The van der Waals surface area contributed by atoms with Crippen molar-refractivity contribution >= 4 is 44.9 Å². The molecule has 0 spiro atoms. The van der Waals surface area contributed by atoms with Crippen molar-refractivity contribution in [1.29, 1.82) is 0 Å². The molecule has 0 bridgehead atoms. The van der Waals surface area contributed by atoms with Crippen molar-refractivity contribution in [1.82, 2.24) is 9.97 Å². The molecule has 1 aromatic carbocycles. The molecule has 0 unspecified atom stereocenters. The van der Waals surface area contributed by atoms with Crippen molar-refractivity contribution in [3.63, 3.8) is 0 Å². The lowest BCUT2D eigenvalue weighted by atomic mass is 10.2. The van der Waals surface area contributed by atoms with Crippen LogP contribution in [0.15, 0.2) is 41.7 Å². The van der Waals surface area contributed by atoms with E-state index in [0.29, 0.717) is 0 Å². The minimum atomic E-state index is 0.770. The Bertz CT molecular complexity index is 707. The minimum absolute atomic E-state index is 0.770. The molecule has 2 heterocycles. The van der Waals surface area contributed by atoms with Crippen LogP contribution in [0.25, 0.3) is 10.2 Å². The highest BCUT2D eigenvalue weighted by Crippen LogP contribution is 2.31.